The van der Waals surface area contributed by atoms with E-state index < -0.39 is 0 Å². The van der Waals surface area contributed by atoms with Crippen LogP contribution in [0.4, 0.5) is 4.39 Å². The Hall–Kier alpha value is -1.65. The fraction of sp³-hybridized carbons (Fsp3) is 0.412. The van der Waals surface area contributed by atoms with Gasteiger partial charge in [0.05, 0.1) is 12.6 Å². The summed E-state index contributed by atoms with van der Waals surface area (Å²) >= 11 is 0. The fourth-order valence-corrected chi connectivity index (χ4v) is 2.18. The summed E-state index contributed by atoms with van der Waals surface area (Å²) in [7, 11) is 0. The molecule has 2 rings (SSSR count). The molecule has 0 amide bonds. The third-order valence-electron chi connectivity index (χ3n) is 3.62. The van der Waals surface area contributed by atoms with Gasteiger partial charge in [0.25, 0.3) is 0 Å². The number of hydrogen-bond donors (Lipinski definition) is 2. The Bertz CT molecular complexity index is 580. The molecular weight excluding hydrogens is 269 g/mol. The number of aliphatic hydroxyl groups excluding tert-OH is 1. The topological polar surface area (TPSA) is 45.4 Å². The van der Waals surface area contributed by atoms with Gasteiger partial charge in [0.15, 0.2) is 0 Å². The van der Waals surface area contributed by atoms with Crippen LogP contribution >= 0.6 is 0 Å². The van der Waals surface area contributed by atoms with E-state index in [1.54, 1.807) is 13.0 Å². The maximum atomic E-state index is 13.6. The highest BCUT2D eigenvalue weighted by atomic mass is 19.1. The third-order valence-corrected chi connectivity index (χ3v) is 3.62. The minimum Gasteiger partial charge on any atom is -0.460 e. The van der Waals surface area contributed by atoms with Gasteiger partial charge >= 0.3 is 0 Å². The molecule has 2 aromatic rings. The van der Waals surface area contributed by atoms with E-state index in [9.17, 15) is 9.50 Å². The van der Waals surface area contributed by atoms with Crippen LogP contribution < -0.4 is 5.32 Å². The second kappa shape index (κ2) is 7.38. The summed E-state index contributed by atoms with van der Waals surface area (Å²) in [6.45, 7) is 5.05. The minimum atomic E-state index is -0.250. The van der Waals surface area contributed by atoms with E-state index in [0.717, 1.165) is 30.7 Å². The second-order valence-electron chi connectivity index (χ2n) is 5.21. The van der Waals surface area contributed by atoms with Gasteiger partial charge in [-0.25, -0.2) is 4.39 Å². The molecule has 0 saturated carbocycles. The second-order valence-corrected chi connectivity index (χ2v) is 5.21. The first-order chi connectivity index (χ1) is 10.1. The number of nitrogens with one attached hydrogen (secondary N) is 1. The Balaban J connectivity index is 1.94. The summed E-state index contributed by atoms with van der Waals surface area (Å²) in [5, 5.41) is 12.7. The van der Waals surface area contributed by atoms with Crippen LogP contribution in [0, 0.1) is 12.7 Å². The van der Waals surface area contributed by atoms with Crippen molar-refractivity contribution in [2.75, 3.05) is 6.54 Å². The zero-order valence-corrected chi connectivity index (χ0v) is 12.5. The summed E-state index contributed by atoms with van der Waals surface area (Å²) in [5.41, 5.74) is 1.38. The Morgan fingerprint density at radius 1 is 1.29 bits per heavy atom. The van der Waals surface area contributed by atoms with E-state index in [2.05, 4.69) is 5.32 Å². The van der Waals surface area contributed by atoms with Crippen LogP contribution in [0.5, 0.6) is 0 Å². The number of halogens is 1. The van der Waals surface area contributed by atoms with Crippen molar-refractivity contribution < 1.29 is 13.9 Å². The van der Waals surface area contributed by atoms with Crippen molar-refractivity contribution >= 4 is 0 Å². The first-order valence-electron chi connectivity index (χ1n) is 7.34. The van der Waals surface area contributed by atoms with Gasteiger partial charge in [-0.3, -0.25) is 0 Å². The molecule has 0 radical (unpaired) electrons. The molecular formula is C17H22FNO2. The number of hydrogen-bond acceptors (Lipinski definition) is 3. The maximum absolute atomic E-state index is 13.6. The van der Waals surface area contributed by atoms with Gasteiger partial charge in [-0.15, -0.1) is 0 Å². The monoisotopic (exact) mass is 291 g/mol. The lowest BCUT2D eigenvalue weighted by Gasteiger charge is -2.07. The quantitative estimate of drug-likeness (QED) is 0.765. The van der Waals surface area contributed by atoms with Crippen molar-refractivity contribution in [1.82, 2.24) is 5.32 Å². The van der Waals surface area contributed by atoms with Gasteiger partial charge < -0.3 is 14.8 Å². The molecule has 1 aromatic carbocycles. The summed E-state index contributed by atoms with van der Waals surface area (Å²) in [5.74, 6) is 1.26. The number of rotatable bonds is 7. The van der Waals surface area contributed by atoms with Crippen LogP contribution in [0.3, 0.4) is 0 Å². The van der Waals surface area contributed by atoms with Gasteiger partial charge in [0.2, 0.25) is 0 Å². The lowest BCUT2D eigenvalue weighted by Crippen LogP contribution is -2.19. The normalized spacial score (nSPS) is 12.6. The lowest BCUT2D eigenvalue weighted by atomic mass is 10.1. The highest BCUT2D eigenvalue weighted by Crippen LogP contribution is 2.26. The van der Waals surface area contributed by atoms with E-state index in [-0.39, 0.29) is 11.9 Å². The van der Waals surface area contributed by atoms with Crippen molar-refractivity contribution in [3.05, 3.63) is 47.5 Å². The average Bonchev–Trinajstić information content (AvgIpc) is 2.95. The zero-order valence-electron chi connectivity index (χ0n) is 12.5. The first-order valence-corrected chi connectivity index (χ1v) is 7.34. The Labute approximate surface area is 124 Å². The third kappa shape index (κ3) is 4.16. The van der Waals surface area contributed by atoms with E-state index in [1.165, 1.54) is 6.07 Å². The summed E-state index contributed by atoms with van der Waals surface area (Å²) < 4.78 is 19.3. The molecule has 1 atom stereocenters. The molecule has 0 bridgehead atoms. The smallest absolute Gasteiger partial charge is 0.134 e. The van der Waals surface area contributed by atoms with Crippen LogP contribution in [-0.4, -0.2) is 17.8 Å². The molecule has 1 aromatic heterocycles. The van der Waals surface area contributed by atoms with Crippen molar-refractivity contribution in [3.63, 3.8) is 0 Å². The molecule has 0 unspecified atom stereocenters. The summed E-state index contributed by atoms with van der Waals surface area (Å²) in [6, 6.07) is 8.74. The predicted molar refractivity (Wildman–Crippen MR) is 81.5 cm³/mol. The number of benzene rings is 1. The van der Waals surface area contributed by atoms with Crippen molar-refractivity contribution in [1.29, 1.82) is 0 Å². The van der Waals surface area contributed by atoms with Crippen LogP contribution in [0.25, 0.3) is 11.3 Å². The molecule has 0 aliphatic heterocycles. The largest absolute Gasteiger partial charge is 0.460 e. The number of aliphatic hydroxyl groups is 1. The Morgan fingerprint density at radius 2 is 2.10 bits per heavy atom. The minimum absolute atomic E-state index is 0.225. The number of furan rings is 1. The molecule has 0 spiro atoms. The van der Waals surface area contributed by atoms with Gasteiger partial charge in [0.1, 0.15) is 17.3 Å². The predicted octanol–water partition coefficient (Wildman–Crippen LogP) is 3.64. The molecule has 114 valence electrons. The standard InChI is InChI=1S/C17H22FNO2/c1-3-13(20)9-10-19-11-14-7-8-17(21-14)15-5-4-6-16(18)12(15)2/h4-8,13,19-20H,3,9-11H2,1-2H3/t13-/m1/s1. The molecule has 2 N–H and O–H groups in total. The zero-order chi connectivity index (χ0) is 15.2. The molecule has 4 heteroatoms. The van der Waals surface area contributed by atoms with E-state index in [1.807, 2.05) is 25.1 Å². The van der Waals surface area contributed by atoms with E-state index >= 15 is 0 Å². The van der Waals surface area contributed by atoms with Crippen LogP contribution in [-0.2, 0) is 6.54 Å². The van der Waals surface area contributed by atoms with Crippen molar-refractivity contribution in [2.45, 2.75) is 39.3 Å². The fourth-order valence-electron chi connectivity index (χ4n) is 2.18. The van der Waals surface area contributed by atoms with Gasteiger partial charge in [-0.05, 0) is 50.1 Å². The first kappa shape index (κ1) is 15.7. The van der Waals surface area contributed by atoms with Crippen LogP contribution in [0.2, 0.25) is 0 Å². The highest BCUT2D eigenvalue weighted by Gasteiger charge is 2.10. The summed E-state index contributed by atoms with van der Waals surface area (Å²) in [4.78, 5) is 0. The highest BCUT2D eigenvalue weighted by molar-refractivity contribution is 5.62. The van der Waals surface area contributed by atoms with Crippen LogP contribution in [0.1, 0.15) is 31.1 Å². The van der Waals surface area contributed by atoms with E-state index in [4.69, 9.17) is 4.42 Å². The van der Waals surface area contributed by atoms with Crippen molar-refractivity contribution in [2.24, 2.45) is 0 Å². The maximum Gasteiger partial charge on any atom is 0.134 e. The van der Waals surface area contributed by atoms with Gasteiger partial charge in [0, 0.05) is 5.56 Å². The van der Waals surface area contributed by atoms with E-state index in [0.29, 0.717) is 17.9 Å². The SMILES string of the molecule is CC[C@@H](O)CCNCc1ccc(-c2cccc(F)c2C)o1. The average molecular weight is 291 g/mol. The molecule has 0 fully saturated rings. The van der Waals surface area contributed by atoms with Crippen LogP contribution in [0.15, 0.2) is 34.7 Å². The molecule has 3 nitrogen and oxygen atoms in total. The van der Waals surface area contributed by atoms with Crippen molar-refractivity contribution in [3.8, 4) is 11.3 Å². The molecule has 1 heterocycles. The summed E-state index contributed by atoms with van der Waals surface area (Å²) in [6.07, 6.45) is 1.25. The molecule has 21 heavy (non-hydrogen) atoms. The van der Waals surface area contributed by atoms with Gasteiger partial charge in [-0.1, -0.05) is 19.1 Å². The Morgan fingerprint density at radius 3 is 2.86 bits per heavy atom. The van der Waals surface area contributed by atoms with Gasteiger partial charge in [-0.2, -0.15) is 0 Å². The molecule has 0 aliphatic carbocycles. The molecule has 0 aliphatic rings. The lowest BCUT2D eigenvalue weighted by molar-refractivity contribution is 0.159. The Kier molecular flexibility index (Phi) is 5.53. The molecule has 0 saturated heterocycles.